The van der Waals surface area contributed by atoms with Crippen LogP contribution in [0.1, 0.15) is 29.8 Å². The van der Waals surface area contributed by atoms with Crippen molar-refractivity contribution >= 4 is 0 Å². The Bertz CT molecular complexity index is 450. The van der Waals surface area contributed by atoms with Gasteiger partial charge in [-0.05, 0) is 25.0 Å². The summed E-state index contributed by atoms with van der Waals surface area (Å²) in [4.78, 5) is 11.4. The molecule has 0 saturated heterocycles. The molecule has 76 valence electrons. The molecule has 0 aliphatic carbocycles. The summed E-state index contributed by atoms with van der Waals surface area (Å²) in [7, 11) is 1.61. The largest absolute Gasteiger partial charge is 0.312 e. The van der Waals surface area contributed by atoms with Crippen molar-refractivity contribution in [1.29, 1.82) is 0 Å². The molecule has 0 amide bonds. The van der Waals surface area contributed by atoms with Crippen LogP contribution < -0.4 is 10.9 Å². The number of hydrogen-bond donors (Lipinski definition) is 1. The molecular formula is C10H13FN2O. The molecule has 2 heterocycles. The van der Waals surface area contributed by atoms with Crippen molar-refractivity contribution in [1.82, 2.24) is 9.88 Å². The molecule has 2 rings (SSSR count). The van der Waals surface area contributed by atoms with Gasteiger partial charge >= 0.3 is 0 Å². The van der Waals surface area contributed by atoms with Crippen molar-refractivity contribution in [3.05, 3.63) is 33.0 Å². The normalized spacial score (nSPS) is 19.9. The monoisotopic (exact) mass is 196 g/mol. The van der Waals surface area contributed by atoms with Crippen molar-refractivity contribution in [2.45, 2.75) is 26.4 Å². The van der Waals surface area contributed by atoms with Gasteiger partial charge in [-0.15, -0.1) is 0 Å². The van der Waals surface area contributed by atoms with Gasteiger partial charge in [0, 0.05) is 25.3 Å². The second-order valence-corrected chi connectivity index (χ2v) is 3.77. The van der Waals surface area contributed by atoms with Gasteiger partial charge in [-0.1, -0.05) is 0 Å². The van der Waals surface area contributed by atoms with Gasteiger partial charge in [-0.2, -0.15) is 0 Å². The fourth-order valence-corrected chi connectivity index (χ4v) is 2.09. The van der Waals surface area contributed by atoms with E-state index in [9.17, 15) is 9.18 Å². The van der Waals surface area contributed by atoms with E-state index in [1.54, 1.807) is 14.0 Å². The van der Waals surface area contributed by atoms with E-state index in [1.165, 1.54) is 4.57 Å². The average molecular weight is 196 g/mol. The number of aromatic nitrogens is 1. The van der Waals surface area contributed by atoms with Gasteiger partial charge in [0.05, 0.1) is 0 Å². The molecular weight excluding hydrogens is 183 g/mol. The Morgan fingerprint density at radius 3 is 2.86 bits per heavy atom. The van der Waals surface area contributed by atoms with Crippen LogP contribution in [0.15, 0.2) is 4.79 Å². The van der Waals surface area contributed by atoms with Gasteiger partial charge in [-0.3, -0.25) is 4.79 Å². The molecule has 0 unspecified atom stereocenters. The van der Waals surface area contributed by atoms with Gasteiger partial charge in [-0.25, -0.2) is 4.39 Å². The molecule has 0 spiro atoms. The lowest BCUT2D eigenvalue weighted by atomic mass is 10.0. The number of hydrogen-bond acceptors (Lipinski definition) is 2. The van der Waals surface area contributed by atoms with Crippen LogP contribution in [0.5, 0.6) is 0 Å². The predicted octanol–water partition coefficient (Wildman–Crippen LogP) is 0.997. The number of halogens is 1. The van der Waals surface area contributed by atoms with E-state index < -0.39 is 11.4 Å². The number of nitrogens with one attached hydrogen (secondary N) is 1. The minimum atomic E-state index is -0.623. The van der Waals surface area contributed by atoms with Crippen LogP contribution >= 0.6 is 0 Å². The lowest BCUT2D eigenvalue weighted by Gasteiger charge is -2.11. The highest BCUT2D eigenvalue weighted by molar-refractivity contribution is 5.36. The Kier molecular flexibility index (Phi) is 1.96. The quantitative estimate of drug-likeness (QED) is 0.671. The fourth-order valence-electron chi connectivity index (χ4n) is 2.09. The van der Waals surface area contributed by atoms with Crippen molar-refractivity contribution in [3.63, 3.8) is 0 Å². The molecule has 0 fully saturated rings. The Morgan fingerprint density at radius 2 is 2.21 bits per heavy atom. The van der Waals surface area contributed by atoms with Gasteiger partial charge in [0.15, 0.2) is 5.82 Å². The van der Waals surface area contributed by atoms with Crippen molar-refractivity contribution < 1.29 is 4.39 Å². The molecule has 1 N–H and O–H groups in total. The highest BCUT2D eigenvalue weighted by atomic mass is 19.1. The first kappa shape index (κ1) is 9.40. The summed E-state index contributed by atoms with van der Waals surface area (Å²) in [5, 5.41) is 3.19. The third-order valence-electron chi connectivity index (χ3n) is 2.95. The summed E-state index contributed by atoms with van der Waals surface area (Å²) in [5.74, 6) is -0.623. The van der Waals surface area contributed by atoms with Crippen LogP contribution in [0.4, 0.5) is 4.39 Å². The maximum absolute atomic E-state index is 13.5. The highest BCUT2D eigenvalue weighted by Crippen LogP contribution is 2.27. The lowest BCUT2D eigenvalue weighted by Crippen LogP contribution is -2.25. The average Bonchev–Trinajstić information content (AvgIpc) is 2.54. The SMILES string of the molecule is Cc1c2c(n(C)c(=O)c1F)CN[C@@H]2C. The van der Waals surface area contributed by atoms with Crippen LogP contribution in [-0.2, 0) is 13.6 Å². The van der Waals surface area contributed by atoms with Gasteiger partial charge in [0.1, 0.15) is 0 Å². The predicted molar refractivity (Wildman–Crippen MR) is 51.6 cm³/mol. The molecule has 4 heteroatoms. The van der Waals surface area contributed by atoms with Crippen molar-refractivity contribution in [3.8, 4) is 0 Å². The maximum Gasteiger partial charge on any atom is 0.286 e. The van der Waals surface area contributed by atoms with Crippen molar-refractivity contribution in [2.24, 2.45) is 7.05 Å². The number of pyridine rings is 1. The fraction of sp³-hybridized carbons (Fsp3) is 0.500. The minimum absolute atomic E-state index is 0.131. The molecule has 1 aromatic heterocycles. The number of fused-ring (bicyclic) bond motifs is 1. The van der Waals surface area contributed by atoms with E-state index in [4.69, 9.17) is 0 Å². The molecule has 0 bridgehead atoms. The molecule has 1 aliphatic heterocycles. The second kappa shape index (κ2) is 2.92. The molecule has 0 radical (unpaired) electrons. The van der Waals surface area contributed by atoms with Crippen LogP contribution in [0.3, 0.4) is 0 Å². The molecule has 3 nitrogen and oxygen atoms in total. The zero-order valence-corrected chi connectivity index (χ0v) is 8.52. The van der Waals surface area contributed by atoms with E-state index in [0.717, 1.165) is 11.3 Å². The smallest absolute Gasteiger partial charge is 0.286 e. The Hall–Kier alpha value is -1.16. The minimum Gasteiger partial charge on any atom is -0.312 e. The summed E-state index contributed by atoms with van der Waals surface area (Å²) in [5.41, 5.74) is 1.80. The van der Waals surface area contributed by atoms with Gasteiger partial charge in [0.2, 0.25) is 0 Å². The van der Waals surface area contributed by atoms with Crippen LogP contribution in [0.25, 0.3) is 0 Å². The highest BCUT2D eigenvalue weighted by Gasteiger charge is 2.25. The molecule has 1 aromatic rings. The molecule has 1 atom stereocenters. The van der Waals surface area contributed by atoms with Crippen LogP contribution in [0.2, 0.25) is 0 Å². The van der Waals surface area contributed by atoms with Crippen LogP contribution in [-0.4, -0.2) is 4.57 Å². The Morgan fingerprint density at radius 1 is 1.57 bits per heavy atom. The molecule has 1 aliphatic rings. The van der Waals surface area contributed by atoms with Gasteiger partial charge in [0.25, 0.3) is 5.56 Å². The standard InChI is InChI=1S/C10H13FN2O/c1-5-8-6(2)12-4-7(8)13(3)10(14)9(5)11/h6,12H,4H2,1-3H3/t6-/m1/s1. The van der Waals surface area contributed by atoms with E-state index in [1.807, 2.05) is 6.92 Å². The summed E-state index contributed by atoms with van der Waals surface area (Å²) in [6.45, 7) is 4.28. The first-order valence-electron chi connectivity index (χ1n) is 4.65. The molecule has 14 heavy (non-hydrogen) atoms. The van der Waals surface area contributed by atoms with E-state index in [0.29, 0.717) is 12.1 Å². The topological polar surface area (TPSA) is 34.0 Å². The lowest BCUT2D eigenvalue weighted by molar-refractivity contribution is 0.572. The zero-order valence-electron chi connectivity index (χ0n) is 8.52. The van der Waals surface area contributed by atoms with E-state index >= 15 is 0 Å². The number of rotatable bonds is 0. The third-order valence-corrected chi connectivity index (χ3v) is 2.95. The summed E-state index contributed by atoms with van der Waals surface area (Å²) in [6.07, 6.45) is 0. The van der Waals surface area contributed by atoms with Crippen LogP contribution in [0, 0.1) is 12.7 Å². The van der Waals surface area contributed by atoms with E-state index in [2.05, 4.69) is 5.32 Å². The third kappa shape index (κ3) is 1.04. The zero-order chi connectivity index (χ0) is 10.5. The summed E-state index contributed by atoms with van der Waals surface area (Å²) in [6, 6.07) is 0.131. The van der Waals surface area contributed by atoms with Crippen molar-refractivity contribution in [2.75, 3.05) is 0 Å². The Labute approximate surface area is 81.6 Å². The second-order valence-electron chi connectivity index (χ2n) is 3.77. The summed E-state index contributed by atoms with van der Waals surface area (Å²) >= 11 is 0. The summed E-state index contributed by atoms with van der Waals surface area (Å²) < 4.78 is 14.9. The first-order chi connectivity index (χ1) is 6.54. The molecule has 0 saturated carbocycles. The number of nitrogens with zero attached hydrogens (tertiary/aromatic N) is 1. The Balaban J connectivity index is 2.84. The van der Waals surface area contributed by atoms with Gasteiger partial charge < -0.3 is 9.88 Å². The maximum atomic E-state index is 13.5. The van der Waals surface area contributed by atoms with E-state index in [-0.39, 0.29) is 6.04 Å². The molecule has 0 aromatic carbocycles. The first-order valence-corrected chi connectivity index (χ1v) is 4.65.